The van der Waals surface area contributed by atoms with Crippen molar-refractivity contribution in [1.82, 2.24) is 9.97 Å². The van der Waals surface area contributed by atoms with Gasteiger partial charge in [0, 0.05) is 18.7 Å². The maximum atomic E-state index is 8.98. The topological polar surface area (TPSA) is 96.1 Å². The van der Waals surface area contributed by atoms with Crippen LogP contribution in [0.1, 0.15) is 13.8 Å². The van der Waals surface area contributed by atoms with Gasteiger partial charge in [-0.2, -0.15) is 0 Å². The van der Waals surface area contributed by atoms with Gasteiger partial charge < -0.3 is 15.8 Å². The number of hydrogen-bond donors (Lipinski definition) is 4. The lowest BCUT2D eigenvalue weighted by atomic mass is 10.1. The second-order valence-corrected chi connectivity index (χ2v) is 3.53. The standard InChI is InChI=1S/C9H17N5O/c1-6(4-15)7(2)13-8-3-9(14-10)12-5-11-8/h3,5-7,15H,4,10H2,1-2H3,(H2,11,12,13,14). The number of rotatable bonds is 5. The van der Waals surface area contributed by atoms with Crippen LogP contribution in [0.3, 0.4) is 0 Å². The van der Waals surface area contributed by atoms with Crippen molar-refractivity contribution >= 4 is 11.6 Å². The van der Waals surface area contributed by atoms with Gasteiger partial charge in [0.2, 0.25) is 0 Å². The largest absolute Gasteiger partial charge is 0.396 e. The minimum atomic E-state index is 0.135. The molecule has 1 heterocycles. The van der Waals surface area contributed by atoms with E-state index in [-0.39, 0.29) is 18.6 Å². The summed E-state index contributed by atoms with van der Waals surface area (Å²) in [6.45, 7) is 4.08. The average molecular weight is 211 g/mol. The highest BCUT2D eigenvalue weighted by Gasteiger charge is 2.11. The predicted octanol–water partition coefficient (Wildman–Crippen LogP) is 0.191. The Morgan fingerprint density at radius 1 is 1.40 bits per heavy atom. The van der Waals surface area contributed by atoms with Crippen LogP contribution in [-0.4, -0.2) is 27.7 Å². The molecule has 0 saturated heterocycles. The number of nitrogen functional groups attached to an aromatic ring is 1. The van der Waals surface area contributed by atoms with Crippen LogP contribution in [0, 0.1) is 5.92 Å². The average Bonchev–Trinajstić information content (AvgIpc) is 2.28. The van der Waals surface area contributed by atoms with E-state index in [0.29, 0.717) is 11.6 Å². The first-order chi connectivity index (χ1) is 7.17. The van der Waals surface area contributed by atoms with Crippen LogP contribution in [-0.2, 0) is 0 Å². The van der Waals surface area contributed by atoms with E-state index < -0.39 is 0 Å². The Morgan fingerprint density at radius 3 is 2.67 bits per heavy atom. The van der Waals surface area contributed by atoms with Gasteiger partial charge in [-0.25, -0.2) is 15.8 Å². The molecule has 0 aromatic carbocycles. The zero-order valence-electron chi connectivity index (χ0n) is 8.94. The lowest BCUT2D eigenvalue weighted by molar-refractivity contribution is 0.226. The maximum Gasteiger partial charge on any atom is 0.145 e. The van der Waals surface area contributed by atoms with Crippen LogP contribution in [0.2, 0.25) is 0 Å². The molecule has 2 unspecified atom stereocenters. The summed E-state index contributed by atoms with van der Waals surface area (Å²) in [5.41, 5.74) is 2.44. The first-order valence-electron chi connectivity index (χ1n) is 4.83. The van der Waals surface area contributed by atoms with Crippen LogP contribution in [0.25, 0.3) is 0 Å². The Hall–Kier alpha value is -1.40. The molecule has 0 fully saturated rings. The fourth-order valence-electron chi connectivity index (χ4n) is 1.05. The molecule has 0 aliphatic carbocycles. The minimum Gasteiger partial charge on any atom is -0.396 e. The highest BCUT2D eigenvalue weighted by molar-refractivity contribution is 5.46. The first kappa shape index (κ1) is 11.7. The smallest absolute Gasteiger partial charge is 0.145 e. The zero-order chi connectivity index (χ0) is 11.3. The fraction of sp³-hybridized carbons (Fsp3) is 0.556. The van der Waals surface area contributed by atoms with Gasteiger partial charge in [-0.05, 0) is 12.8 Å². The van der Waals surface area contributed by atoms with Crippen molar-refractivity contribution in [3.05, 3.63) is 12.4 Å². The molecule has 6 heteroatoms. The summed E-state index contributed by atoms with van der Waals surface area (Å²) < 4.78 is 0. The fourth-order valence-corrected chi connectivity index (χ4v) is 1.05. The lowest BCUT2D eigenvalue weighted by Gasteiger charge is -2.19. The van der Waals surface area contributed by atoms with E-state index in [9.17, 15) is 0 Å². The molecule has 6 nitrogen and oxygen atoms in total. The van der Waals surface area contributed by atoms with Crippen molar-refractivity contribution in [2.75, 3.05) is 17.3 Å². The quantitative estimate of drug-likeness (QED) is 0.410. The maximum absolute atomic E-state index is 8.98. The number of aliphatic hydroxyl groups is 1. The van der Waals surface area contributed by atoms with E-state index >= 15 is 0 Å². The Labute approximate surface area is 88.9 Å². The predicted molar refractivity (Wildman–Crippen MR) is 59.2 cm³/mol. The number of nitrogens with zero attached hydrogens (tertiary/aromatic N) is 2. The third-order valence-corrected chi connectivity index (χ3v) is 2.33. The van der Waals surface area contributed by atoms with E-state index in [1.807, 2.05) is 13.8 Å². The number of hydrazine groups is 1. The van der Waals surface area contributed by atoms with Crippen LogP contribution in [0.4, 0.5) is 11.6 Å². The van der Waals surface area contributed by atoms with Gasteiger partial charge in [0.1, 0.15) is 18.0 Å². The molecule has 0 amide bonds. The molecule has 0 radical (unpaired) electrons. The number of nitrogens with one attached hydrogen (secondary N) is 2. The Kier molecular flexibility index (Phi) is 4.26. The van der Waals surface area contributed by atoms with E-state index in [4.69, 9.17) is 10.9 Å². The van der Waals surface area contributed by atoms with E-state index in [2.05, 4.69) is 20.7 Å². The summed E-state index contributed by atoms with van der Waals surface area (Å²) in [6.07, 6.45) is 1.42. The third-order valence-electron chi connectivity index (χ3n) is 2.33. The van der Waals surface area contributed by atoms with Gasteiger partial charge in [-0.3, -0.25) is 0 Å². The third kappa shape index (κ3) is 3.34. The summed E-state index contributed by atoms with van der Waals surface area (Å²) >= 11 is 0. The van der Waals surface area contributed by atoms with Gasteiger partial charge >= 0.3 is 0 Å². The molecule has 84 valence electrons. The molecule has 2 atom stereocenters. The Morgan fingerprint density at radius 2 is 2.07 bits per heavy atom. The molecular weight excluding hydrogens is 194 g/mol. The van der Waals surface area contributed by atoms with Crippen molar-refractivity contribution in [3.63, 3.8) is 0 Å². The second-order valence-electron chi connectivity index (χ2n) is 3.53. The number of anilines is 2. The number of hydrogen-bond acceptors (Lipinski definition) is 6. The SMILES string of the molecule is CC(CO)C(C)Nc1cc(NN)ncn1. The molecule has 0 aliphatic heterocycles. The van der Waals surface area contributed by atoms with Gasteiger partial charge in [0.25, 0.3) is 0 Å². The first-order valence-corrected chi connectivity index (χ1v) is 4.83. The van der Waals surface area contributed by atoms with Crippen LogP contribution < -0.4 is 16.6 Å². The summed E-state index contributed by atoms with van der Waals surface area (Å²) in [6, 6.07) is 1.84. The molecule has 1 rings (SSSR count). The van der Waals surface area contributed by atoms with E-state index in [0.717, 1.165) is 0 Å². The van der Waals surface area contributed by atoms with Crippen molar-refractivity contribution in [2.24, 2.45) is 11.8 Å². The van der Waals surface area contributed by atoms with E-state index in [1.165, 1.54) is 6.33 Å². The van der Waals surface area contributed by atoms with E-state index in [1.54, 1.807) is 6.07 Å². The Balaban J connectivity index is 2.63. The van der Waals surface area contributed by atoms with Gasteiger partial charge in [0.15, 0.2) is 0 Å². The van der Waals surface area contributed by atoms with Gasteiger partial charge in [0.05, 0.1) is 0 Å². The van der Waals surface area contributed by atoms with Crippen molar-refractivity contribution in [2.45, 2.75) is 19.9 Å². The number of nitrogens with two attached hydrogens (primary N) is 1. The van der Waals surface area contributed by atoms with Crippen LogP contribution in [0.15, 0.2) is 12.4 Å². The Bertz CT molecular complexity index is 306. The molecule has 0 spiro atoms. The zero-order valence-corrected chi connectivity index (χ0v) is 8.94. The van der Waals surface area contributed by atoms with Gasteiger partial charge in [-0.1, -0.05) is 6.92 Å². The van der Waals surface area contributed by atoms with Crippen molar-refractivity contribution < 1.29 is 5.11 Å². The highest BCUT2D eigenvalue weighted by Crippen LogP contribution is 2.11. The summed E-state index contributed by atoms with van der Waals surface area (Å²) in [4.78, 5) is 7.94. The summed E-state index contributed by atoms with van der Waals surface area (Å²) in [5.74, 6) is 6.63. The number of aromatic nitrogens is 2. The monoisotopic (exact) mass is 211 g/mol. The molecular formula is C9H17N5O. The minimum absolute atomic E-state index is 0.135. The van der Waals surface area contributed by atoms with Crippen LogP contribution >= 0.6 is 0 Å². The summed E-state index contributed by atoms with van der Waals surface area (Å²) in [5, 5.41) is 12.1. The van der Waals surface area contributed by atoms with Crippen molar-refractivity contribution in [3.8, 4) is 0 Å². The molecule has 5 N–H and O–H groups in total. The van der Waals surface area contributed by atoms with Gasteiger partial charge in [-0.15, -0.1) is 0 Å². The van der Waals surface area contributed by atoms with Crippen LogP contribution in [0.5, 0.6) is 0 Å². The molecule has 1 aromatic heterocycles. The lowest BCUT2D eigenvalue weighted by Crippen LogP contribution is -2.26. The summed E-state index contributed by atoms with van der Waals surface area (Å²) in [7, 11) is 0. The molecule has 0 aliphatic rings. The molecule has 15 heavy (non-hydrogen) atoms. The molecule has 0 bridgehead atoms. The van der Waals surface area contributed by atoms with Crippen molar-refractivity contribution in [1.29, 1.82) is 0 Å². The highest BCUT2D eigenvalue weighted by atomic mass is 16.3. The second kappa shape index (κ2) is 5.47. The number of aliphatic hydroxyl groups excluding tert-OH is 1. The normalized spacial score (nSPS) is 14.4. The molecule has 0 saturated carbocycles. The molecule has 1 aromatic rings.